The van der Waals surface area contributed by atoms with Crippen LogP contribution in [-0.4, -0.2) is 41.9 Å². The molecule has 1 N–H and O–H groups in total. The molecule has 0 aromatic heterocycles. The summed E-state index contributed by atoms with van der Waals surface area (Å²) in [5.74, 6) is 0. The summed E-state index contributed by atoms with van der Waals surface area (Å²) in [6.45, 7) is 0.980. The summed E-state index contributed by atoms with van der Waals surface area (Å²) >= 11 is 0. The van der Waals surface area contributed by atoms with E-state index in [1.165, 1.54) is 0 Å². The van der Waals surface area contributed by atoms with E-state index in [2.05, 4.69) is 0 Å². The zero-order valence-electron chi connectivity index (χ0n) is 6.64. The standard InChI is InChI=1S/C7H12F3NO/c8-7(9,10)2-4-11-3-1-6(12)5-11/h6,12H,1-5H2/t6-/m1/s1. The van der Waals surface area contributed by atoms with E-state index < -0.39 is 18.7 Å². The van der Waals surface area contributed by atoms with Crippen LogP contribution in [0, 0.1) is 0 Å². The van der Waals surface area contributed by atoms with Gasteiger partial charge < -0.3 is 10.0 Å². The van der Waals surface area contributed by atoms with Gasteiger partial charge >= 0.3 is 6.18 Å². The fourth-order valence-electron chi connectivity index (χ4n) is 1.30. The second-order valence-corrected chi connectivity index (χ2v) is 3.11. The molecule has 0 saturated carbocycles. The lowest BCUT2D eigenvalue weighted by Gasteiger charge is -2.15. The van der Waals surface area contributed by atoms with Crippen LogP contribution in [0.2, 0.25) is 0 Å². The highest BCUT2D eigenvalue weighted by Crippen LogP contribution is 2.21. The second-order valence-electron chi connectivity index (χ2n) is 3.11. The largest absolute Gasteiger partial charge is 0.392 e. The second kappa shape index (κ2) is 3.62. The summed E-state index contributed by atoms with van der Waals surface area (Å²) in [6.07, 6.45) is -4.69. The van der Waals surface area contributed by atoms with E-state index in [-0.39, 0.29) is 6.54 Å². The molecule has 1 aliphatic rings. The molecule has 1 aliphatic heterocycles. The normalized spacial score (nSPS) is 26.5. The molecule has 1 saturated heterocycles. The minimum atomic E-state index is -4.08. The van der Waals surface area contributed by atoms with Crippen molar-refractivity contribution in [2.24, 2.45) is 0 Å². The number of likely N-dealkylation sites (tertiary alicyclic amines) is 1. The maximum atomic E-state index is 11.7. The van der Waals surface area contributed by atoms with E-state index in [0.717, 1.165) is 0 Å². The number of nitrogens with zero attached hydrogens (tertiary/aromatic N) is 1. The Morgan fingerprint density at radius 3 is 2.50 bits per heavy atom. The molecule has 0 aromatic rings. The Hall–Kier alpha value is -0.290. The Morgan fingerprint density at radius 2 is 2.08 bits per heavy atom. The fourth-order valence-corrected chi connectivity index (χ4v) is 1.30. The minimum Gasteiger partial charge on any atom is -0.392 e. The number of hydrogen-bond acceptors (Lipinski definition) is 2. The summed E-state index contributed by atoms with van der Waals surface area (Å²) in [6, 6.07) is 0. The molecule has 1 fully saturated rings. The van der Waals surface area contributed by atoms with Crippen molar-refractivity contribution in [1.82, 2.24) is 4.90 Å². The van der Waals surface area contributed by atoms with Gasteiger partial charge in [0.15, 0.2) is 0 Å². The van der Waals surface area contributed by atoms with Gasteiger partial charge in [0.2, 0.25) is 0 Å². The zero-order valence-corrected chi connectivity index (χ0v) is 6.64. The summed E-state index contributed by atoms with van der Waals surface area (Å²) in [5.41, 5.74) is 0. The molecule has 1 heterocycles. The highest BCUT2D eigenvalue weighted by atomic mass is 19.4. The Balaban J connectivity index is 2.16. The minimum absolute atomic E-state index is 0.0144. The van der Waals surface area contributed by atoms with Gasteiger partial charge in [-0.3, -0.25) is 0 Å². The van der Waals surface area contributed by atoms with E-state index in [1.54, 1.807) is 4.90 Å². The zero-order chi connectivity index (χ0) is 9.19. The van der Waals surface area contributed by atoms with Gasteiger partial charge in [0.1, 0.15) is 0 Å². The van der Waals surface area contributed by atoms with Crippen molar-refractivity contribution in [1.29, 1.82) is 0 Å². The van der Waals surface area contributed by atoms with E-state index in [9.17, 15) is 13.2 Å². The van der Waals surface area contributed by atoms with Gasteiger partial charge in [-0.15, -0.1) is 0 Å². The number of alkyl halides is 3. The summed E-state index contributed by atoms with van der Waals surface area (Å²) < 4.78 is 35.2. The van der Waals surface area contributed by atoms with Gasteiger partial charge in [-0.2, -0.15) is 13.2 Å². The van der Waals surface area contributed by atoms with Crippen molar-refractivity contribution in [2.75, 3.05) is 19.6 Å². The van der Waals surface area contributed by atoms with Crippen molar-refractivity contribution in [2.45, 2.75) is 25.1 Å². The van der Waals surface area contributed by atoms with Crippen LogP contribution in [0.25, 0.3) is 0 Å². The first-order valence-electron chi connectivity index (χ1n) is 3.94. The summed E-state index contributed by atoms with van der Waals surface area (Å²) in [5, 5.41) is 9.01. The molecule has 0 aliphatic carbocycles. The Labute approximate surface area is 69.0 Å². The quantitative estimate of drug-likeness (QED) is 0.690. The predicted molar refractivity (Wildman–Crippen MR) is 37.7 cm³/mol. The topological polar surface area (TPSA) is 23.5 Å². The maximum absolute atomic E-state index is 11.7. The highest BCUT2D eigenvalue weighted by molar-refractivity contribution is 4.74. The van der Waals surface area contributed by atoms with Gasteiger partial charge in [0.05, 0.1) is 12.5 Å². The summed E-state index contributed by atoms with van der Waals surface area (Å²) in [7, 11) is 0. The fraction of sp³-hybridized carbons (Fsp3) is 1.00. The Bertz CT molecular complexity index is 148. The molecule has 12 heavy (non-hydrogen) atoms. The molecule has 72 valence electrons. The molecule has 0 aromatic carbocycles. The van der Waals surface area contributed by atoms with E-state index >= 15 is 0 Å². The molecule has 0 bridgehead atoms. The monoisotopic (exact) mass is 183 g/mol. The smallest absolute Gasteiger partial charge is 0.390 e. The van der Waals surface area contributed by atoms with Crippen molar-refractivity contribution < 1.29 is 18.3 Å². The van der Waals surface area contributed by atoms with Crippen LogP contribution in [0.4, 0.5) is 13.2 Å². The molecular weight excluding hydrogens is 171 g/mol. The molecule has 5 heteroatoms. The van der Waals surface area contributed by atoms with Gasteiger partial charge in [0, 0.05) is 19.6 Å². The van der Waals surface area contributed by atoms with Gasteiger partial charge in [-0.05, 0) is 6.42 Å². The van der Waals surface area contributed by atoms with Crippen molar-refractivity contribution in [3.05, 3.63) is 0 Å². The average Bonchev–Trinajstić information content (AvgIpc) is 2.30. The molecule has 0 spiro atoms. The van der Waals surface area contributed by atoms with Crippen LogP contribution in [0.1, 0.15) is 12.8 Å². The van der Waals surface area contributed by atoms with E-state index in [1.807, 2.05) is 0 Å². The number of aliphatic hydroxyl groups is 1. The van der Waals surface area contributed by atoms with Crippen LogP contribution in [0.5, 0.6) is 0 Å². The number of rotatable bonds is 2. The Morgan fingerprint density at radius 1 is 1.42 bits per heavy atom. The van der Waals surface area contributed by atoms with E-state index in [0.29, 0.717) is 19.5 Å². The van der Waals surface area contributed by atoms with Crippen LogP contribution in [-0.2, 0) is 0 Å². The van der Waals surface area contributed by atoms with E-state index in [4.69, 9.17) is 5.11 Å². The SMILES string of the molecule is O[C@@H]1CCN(CCC(F)(F)F)C1. The highest BCUT2D eigenvalue weighted by Gasteiger charge is 2.29. The first-order valence-corrected chi connectivity index (χ1v) is 3.94. The predicted octanol–water partition coefficient (Wildman–Crippen LogP) is 1.01. The number of halogens is 3. The molecule has 0 amide bonds. The number of hydrogen-bond donors (Lipinski definition) is 1. The first-order chi connectivity index (χ1) is 5.47. The lowest BCUT2D eigenvalue weighted by atomic mass is 10.3. The molecule has 0 unspecified atom stereocenters. The molecule has 2 nitrogen and oxygen atoms in total. The van der Waals surface area contributed by atoms with Crippen molar-refractivity contribution in [3.8, 4) is 0 Å². The van der Waals surface area contributed by atoms with Gasteiger partial charge in [-0.1, -0.05) is 0 Å². The Kier molecular flexibility index (Phi) is 2.95. The van der Waals surface area contributed by atoms with Crippen molar-refractivity contribution in [3.63, 3.8) is 0 Å². The number of β-amino-alcohol motifs (C(OH)–C–C–N with tert-alkyl or cyclic N) is 1. The summed E-state index contributed by atoms with van der Waals surface area (Å²) in [4.78, 5) is 1.64. The molecular formula is C7H12F3NO. The molecule has 0 radical (unpaired) electrons. The van der Waals surface area contributed by atoms with Crippen LogP contribution in [0.3, 0.4) is 0 Å². The number of aliphatic hydroxyl groups excluding tert-OH is 1. The third kappa shape index (κ3) is 3.40. The average molecular weight is 183 g/mol. The molecule has 1 atom stereocenters. The van der Waals surface area contributed by atoms with Crippen LogP contribution in [0.15, 0.2) is 0 Å². The maximum Gasteiger partial charge on any atom is 0.390 e. The van der Waals surface area contributed by atoms with Crippen molar-refractivity contribution >= 4 is 0 Å². The van der Waals surface area contributed by atoms with Gasteiger partial charge in [-0.25, -0.2) is 0 Å². The third-order valence-corrected chi connectivity index (χ3v) is 1.96. The lowest BCUT2D eigenvalue weighted by molar-refractivity contribution is -0.137. The first kappa shape index (κ1) is 9.80. The lowest BCUT2D eigenvalue weighted by Crippen LogP contribution is -2.26. The third-order valence-electron chi connectivity index (χ3n) is 1.96. The molecule has 1 rings (SSSR count). The van der Waals surface area contributed by atoms with Crippen LogP contribution >= 0.6 is 0 Å². The van der Waals surface area contributed by atoms with Gasteiger partial charge in [0.25, 0.3) is 0 Å². The van der Waals surface area contributed by atoms with Crippen LogP contribution < -0.4 is 0 Å².